The van der Waals surface area contributed by atoms with Gasteiger partial charge in [-0.3, -0.25) is 0 Å². The minimum absolute atomic E-state index is 0.122. The molecule has 5 heteroatoms. The van der Waals surface area contributed by atoms with Crippen molar-refractivity contribution in [2.75, 3.05) is 6.61 Å². The van der Waals surface area contributed by atoms with Crippen LogP contribution in [0.25, 0.3) is 6.08 Å². The van der Waals surface area contributed by atoms with Crippen molar-refractivity contribution < 1.29 is 14.4 Å². The molecule has 3 nitrogen and oxygen atoms in total. The molecule has 1 aliphatic heterocycles. The molecule has 21 heavy (non-hydrogen) atoms. The molecule has 2 rings (SSSR count). The topological polar surface area (TPSA) is 38.7 Å². The lowest BCUT2D eigenvalue weighted by Crippen LogP contribution is -2.41. The minimum Gasteiger partial charge on any atom is -0.400 e. The highest BCUT2D eigenvalue weighted by atomic mass is 35.5. The maximum atomic E-state index is 9.69. The number of hydrogen-bond donors (Lipinski definition) is 1. The summed E-state index contributed by atoms with van der Waals surface area (Å²) in [6.45, 7) is 9.85. The highest BCUT2D eigenvalue weighted by Gasteiger charge is 2.52. The van der Waals surface area contributed by atoms with Crippen LogP contribution in [0.5, 0.6) is 0 Å². The van der Waals surface area contributed by atoms with Gasteiger partial charge in [0.15, 0.2) is 0 Å². The average molecular weight is 309 g/mol. The van der Waals surface area contributed by atoms with E-state index in [0.29, 0.717) is 10.5 Å². The zero-order chi connectivity index (χ0) is 15.8. The predicted octanol–water partition coefficient (Wildman–Crippen LogP) is 3.66. The van der Waals surface area contributed by atoms with E-state index in [9.17, 15) is 5.11 Å². The minimum atomic E-state index is -0.543. The Morgan fingerprint density at radius 2 is 1.81 bits per heavy atom. The van der Waals surface area contributed by atoms with E-state index in [1.54, 1.807) is 0 Å². The van der Waals surface area contributed by atoms with Crippen LogP contribution in [-0.4, -0.2) is 30.0 Å². The van der Waals surface area contributed by atoms with E-state index in [2.05, 4.69) is 0 Å². The maximum Gasteiger partial charge on any atom is 0.492 e. The van der Waals surface area contributed by atoms with Gasteiger partial charge in [0, 0.05) is 5.02 Å². The number of hydrogen-bond acceptors (Lipinski definition) is 3. The molecule has 1 fully saturated rings. The van der Waals surface area contributed by atoms with Crippen LogP contribution in [0.1, 0.15) is 38.8 Å². The molecule has 0 spiro atoms. The van der Waals surface area contributed by atoms with Gasteiger partial charge in [-0.05, 0) is 63.4 Å². The SMILES string of the molecule is Cc1ccc(Cl)cc1C=C(CO)B1OC(C)(C)C(C)(C)O1. The van der Waals surface area contributed by atoms with Crippen molar-refractivity contribution in [2.24, 2.45) is 0 Å². The number of aliphatic hydroxyl groups is 1. The summed E-state index contributed by atoms with van der Waals surface area (Å²) in [5.41, 5.74) is 1.90. The largest absolute Gasteiger partial charge is 0.492 e. The zero-order valence-electron chi connectivity index (χ0n) is 13.2. The first-order valence-electron chi connectivity index (χ1n) is 7.09. The second-order valence-corrected chi connectivity index (χ2v) is 6.90. The van der Waals surface area contributed by atoms with E-state index < -0.39 is 18.3 Å². The van der Waals surface area contributed by atoms with Crippen molar-refractivity contribution in [1.82, 2.24) is 0 Å². The Bertz CT molecular complexity index is 551. The average Bonchev–Trinajstić information content (AvgIpc) is 2.59. The van der Waals surface area contributed by atoms with Gasteiger partial charge in [0.1, 0.15) is 0 Å². The fourth-order valence-corrected chi connectivity index (χ4v) is 2.33. The molecule has 1 N–H and O–H groups in total. The predicted molar refractivity (Wildman–Crippen MR) is 87.3 cm³/mol. The third kappa shape index (κ3) is 3.34. The van der Waals surface area contributed by atoms with Crippen LogP contribution < -0.4 is 0 Å². The van der Waals surface area contributed by atoms with E-state index in [-0.39, 0.29) is 6.61 Å². The molecule has 0 saturated carbocycles. The van der Waals surface area contributed by atoms with Crippen LogP contribution in [0.2, 0.25) is 5.02 Å². The molecular formula is C16H22BClO3. The van der Waals surface area contributed by atoms with Gasteiger partial charge in [-0.1, -0.05) is 23.7 Å². The highest BCUT2D eigenvalue weighted by molar-refractivity contribution is 6.55. The number of benzene rings is 1. The molecule has 1 saturated heterocycles. The summed E-state index contributed by atoms with van der Waals surface area (Å²) in [5, 5.41) is 10.4. The molecule has 1 aromatic rings. The Kier molecular flexibility index (Phi) is 4.55. The summed E-state index contributed by atoms with van der Waals surface area (Å²) in [7, 11) is -0.543. The van der Waals surface area contributed by atoms with E-state index in [1.807, 2.05) is 58.9 Å². The van der Waals surface area contributed by atoms with Gasteiger partial charge in [-0.15, -0.1) is 0 Å². The Balaban J connectivity index is 2.33. The van der Waals surface area contributed by atoms with Gasteiger partial charge in [0.05, 0.1) is 17.8 Å². The summed E-state index contributed by atoms with van der Waals surface area (Å²) < 4.78 is 12.0. The molecule has 1 heterocycles. The van der Waals surface area contributed by atoms with Gasteiger partial charge in [0.2, 0.25) is 0 Å². The maximum absolute atomic E-state index is 9.69. The number of halogens is 1. The third-order valence-electron chi connectivity index (χ3n) is 4.32. The van der Waals surface area contributed by atoms with Crippen molar-refractivity contribution in [3.05, 3.63) is 39.8 Å². The van der Waals surface area contributed by atoms with Crippen molar-refractivity contribution in [3.63, 3.8) is 0 Å². The van der Waals surface area contributed by atoms with Crippen molar-refractivity contribution in [1.29, 1.82) is 0 Å². The van der Waals surface area contributed by atoms with Gasteiger partial charge in [0.25, 0.3) is 0 Å². The van der Waals surface area contributed by atoms with Gasteiger partial charge in [-0.25, -0.2) is 0 Å². The monoisotopic (exact) mass is 308 g/mol. The summed E-state index contributed by atoms with van der Waals surface area (Å²) in [6.07, 6.45) is 1.89. The van der Waals surface area contributed by atoms with E-state index >= 15 is 0 Å². The quantitative estimate of drug-likeness (QED) is 0.866. The van der Waals surface area contributed by atoms with Crippen LogP contribution >= 0.6 is 11.6 Å². The second-order valence-electron chi connectivity index (χ2n) is 6.47. The van der Waals surface area contributed by atoms with Gasteiger partial charge >= 0.3 is 7.12 Å². The number of aliphatic hydroxyl groups excluding tert-OH is 1. The summed E-state index contributed by atoms with van der Waals surface area (Å²) in [4.78, 5) is 0. The first-order chi connectivity index (χ1) is 9.66. The Morgan fingerprint density at radius 3 is 2.33 bits per heavy atom. The lowest BCUT2D eigenvalue weighted by molar-refractivity contribution is 0.00578. The standard InChI is InChI=1S/C16H22BClO3/c1-11-6-7-14(18)9-12(11)8-13(10-19)17-20-15(2,3)16(4,5)21-17/h6-9,19H,10H2,1-5H3. The lowest BCUT2D eigenvalue weighted by Gasteiger charge is -2.32. The molecule has 0 amide bonds. The van der Waals surface area contributed by atoms with Crippen LogP contribution in [0.15, 0.2) is 23.7 Å². The first-order valence-corrected chi connectivity index (χ1v) is 7.47. The summed E-state index contributed by atoms with van der Waals surface area (Å²) in [6, 6.07) is 5.67. The van der Waals surface area contributed by atoms with Crippen LogP contribution in [0.3, 0.4) is 0 Å². The number of aryl methyl sites for hydroxylation is 1. The molecule has 0 aliphatic carbocycles. The lowest BCUT2D eigenvalue weighted by atomic mass is 9.77. The summed E-state index contributed by atoms with van der Waals surface area (Å²) in [5.74, 6) is 0. The Labute approximate surface area is 132 Å². The van der Waals surface area contributed by atoms with E-state index in [0.717, 1.165) is 11.1 Å². The molecule has 0 unspecified atom stereocenters. The molecule has 0 radical (unpaired) electrons. The van der Waals surface area contributed by atoms with Crippen LogP contribution in [0.4, 0.5) is 0 Å². The Morgan fingerprint density at radius 1 is 1.24 bits per heavy atom. The van der Waals surface area contributed by atoms with Crippen LogP contribution in [-0.2, 0) is 9.31 Å². The van der Waals surface area contributed by atoms with Crippen molar-refractivity contribution in [2.45, 2.75) is 45.8 Å². The first kappa shape index (κ1) is 16.6. The third-order valence-corrected chi connectivity index (χ3v) is 4.56. The van der Waals surface area contributed by atoms with Crippen molar-refractivity contribution >= 4 is 24.8 Å². The van der Waals surface area contributed by atoms with Gasteiger partial charge < -0.3 is 14.4 Å². The molecule has 114 valence electrons. The zero-order valence-corrected chi connectivity index (χ0v) is 14.0. The van der Waals surface area contributed by atoms with Crippen LogP contribution in [0, 0.1) is 6.92 Å². The summed E-state index contributed by atoms with van der Waals surface area (Å²) >= 11 is 6.04. The fourth-order valence-electron chi connectivity index (χ4n) is 2.15. The van der Waals surface area contributed by atoms with E-state index in [1.165, 1.54) is 0 Å². The van der Waals surface area contributed by atoms with Crippen molar-refractivity contribution in [3.8, 4) is 0 Å². The van der Waals surface area contributed by atoms with E-state index in [4.69, 9.17) is 20.9 Å². The second kappa shape index (κ2) is 5.77. The highest BCUT2D eigenvalue weighted by Crippen LogP contribution is 2.38. The molecule has 0 bridgehead atoms. The smallest absolute Gasteiger partial charge is 0.400 e. The molecule has 0 atom stereocenters. The molecule has 0 aromatic heterocycles. The number of rotatable bonds is 3. The normalized spacial score (nSPS) is 20.9. The molecule has 1 aliphatic rings. The molecule has 1 aromatic carbocycles. The Hall–Kier alpha value is -0.805. The van der Waals surface area contributed by atoms with Gasteiger partial charge in [-0.2, -0.15) is 0 Å². The molecular weight excluding hydrogens is 286 g/mol. The fraction of sp³-hybridized carbons (Fsp3) is 0.500.